The Labute approximate surface area is 164 Å². The lowest BCUT2D eigenvalue weighted by atomic mass is 9.87. The molecular formula is C20H22Cl2N2O2. The summed E-state index contributed by atoms with van der Waals surface area (Å²) < 4.78 is 5.66. The maximum Gasteiger partial charge on any atom is 0.280 e. The SMILES string of the molecule is CC(Oc1ccc(C(C)(C)C)cc1)C(=O)N/N=C/c1ccc(Cl)cc1Cl. The smallest absolute Gasteiger partial charge is 0.280 e. The van der Waals surface area contributed by atoms with Gasteiger partial charge in [0, 0.05) is 10.6 Å². The van der Waals surface area contributed by atoms with Crippen LogP contribution in [0.15, 0.2) is 47.6 Å². The number of hydrazone groups is 1. The molecule has 2 aromatic rings. The highest BCUT2D eigenvalue weighted by Gasteiger charge is 2.16. The van der Waals surface area contributed by atoms with Crippen LogP contribution in [-0.4, -0.2) is 18.2 Å². The second-order valence-electron chi connectivity index (χ2n) is 6.93. The summed E-state index contributed by atoms with van der Waals surface area (Å²) in [5, 5.41) is 4.90. The normalized spacial score (nSPS) is 12.8. The van der Waals surface area contributed by atoms with Gasteiger partial charge >= 0.3 is 0 Å². The molecule has 0 saturated carbocycles. The molecule has 4 nitrogen and oxygen atoms in total. The van der Waals surface area contributed by atoms with E-state index in [0.29, 0.717) is 21.4 Å². The number of benzene rings is 2. The van der Waals surface area contributed by atoms with Gasteiger partial charge in [-0.25, -0.2) is 5.43 Å². The fourth-order valence-corrected chi connectivity index (χ4v) is 2.61. The summed E-state index contributed by atoms with van der Waals surface area (Å²) in [6, 6.07) is 12.8. The van der Waals surface area contributed by atoms with Gasteiger partial charge in [-0.3, -0.25) is 4.79 Å². The quantitative estimate of drug-likeness (QED) is 0.560. The highest BCUT2D eigenvalue weighted by Crippen LogP contribution is 2.24. The van der Waals surface area contributed by atoms with Crippen LogP contribution in [0, 0.1) is 0 Å². The Bertz CT molecular complexity index is 796. The van der Waals surface area contributed by atoms with Crippen molar-refractivity contribution >= 4 is 35.3 Å². The Kier molecular flexibility index (Phi) is 6.68. The van der Waals surface area contributed by atoms with Crippen molar-refractivity contribution in [2.75, 3.05) is 0 Å². The first-order valence-electron chi connectivity index (χ1n) is 8.22. The Morgan fingerprint density at radius 3 is 2.38 bits per heavy atom. The van der Waals surface area contributed by atoms with Gasteiger partial charge in [-0.2, -0.15) is 5.10 Å². The Morgan fingerprint density at radius 1 is 1.15 bits per heavy atom. The van der Waals surface area contributed by atoms with Crippen LogP contribution < -0.4 is 10.2 Å². The van der Waals surface area contributed by atoms with Crippen LogP contribution in [-0.2, 0) is 10.2 Å². The van der Waals surface area contributed by atoms with Crippen molar-refractivity contribution in [2.45, 2.75) is 39.2 Å². The second kappa shape index (κ2) is 8.56. The summed E-state index contributed by atoms with van der Waals surface area (Å²) in [4.78, 5) is 12.1. The summed E-state index contributed by atoms with van der Waals surface area (Å²) in [6.07, 6.45) is 0.773. The zero-order valence-corrected chi connectivity index (χ0v) is 16.7. The third-order valence-corrected chi connectivity index (χ3v) is 4.31. The lowest BCUT2D eigenvalue weighted by Crippen LogP contribution is -2.33. The van der Waals surface area contributed by atoms with Crippen molar-refractivity contribution in [1.82, 2.24) is 5.43 Å². The van der Waals surface area contributed by atoms with Crippen molar-refractivity contribution in [3.05, 3.63) is 63.6 Å². The van der Waals surface area contributed by atoms with Gasteiger partial charge in [0.2, 0.25) is 0 Å². The van der Waals surface area contributed by atoms with Crippen LogP contribution in [0.25, 0.3) is 0 Å². The minimum Gasteiger partial charge on any atom is -0.481 e. The number of hydrogen-bond acceptors (Lipinski definition) is 3. The van der Waals surface area contributed by atoms with E-state index in [1.807, 2.05) is 24.3 Å². The van der Waals surface area contributed by atoms with Crippen LogP contribution in [0.2, 0.25) is 10.0 Å². The Balaban J connectivity index is 1.92. The van der Waals surface area contributed by atoms with Crippen molar-refractivity contribution in [1.29, 1.82) is 0 Å². The van der Waals surface area contributed by atoms with Gasteiger partial charge in [-0.1, -0.05) is 62.2 Å². The summed E-state index contributed by atoms with van der Waals surface area (Å²) in [6.45, 7) is 8.09. The fourth-order valence-electron chi connectivity index (χ4n) is 2.15. The minimum atomic E-state index is -0.687. The van der Waals surface area contributed by atoms with Crippen LogP contribution in [0.1, 0.15) is 38.8 Å². The molecule has 1 unspecified atom stereocenters. The molecule has 0 aliphatic carbocycles. The standard InChI is InChI=1S/C20H22Cl2N2O2/c1-13(26-17-9-6-15(7-10-17)20(2,3)4)19(25)24-23-12-14-5-8-16(21)11-18(14)22/h5-13H,1-4H3,(H,24,25)/b23-12+. The van der Waals surface area contributed by atoms with Crippen LogP contribution in [0.3, 0.4) is 0 Å². The summed E-state index contributed by atoms with van der Waals surface area (Å²) >= 11 is 11.9. The molecule has 0 aliphatic rings. The van der Waals surface area contributed by atoms with Gasteiger partial charge in [-0.15, -0.1) is 0 Å². The number of nitrogens with one attached hydrogen (secondary N) is 1. The molecule has 0 aliphatic heterocycles. The molecular weight excluding hydrogens is 371 g/mol. The topological polar surface area (TPSA) is 50.7 Å². The third kappa shape index (κ3) is 5.75. The molecule has 6 heteroatoms. The summed E-state index contributed by atoms with van der Waals surface area (Å²) in [5.41, 5.74) is 4.37. The zero-order chi connectivity index (χ0) is 19.3. The number of amides is 1. The third-order valence-electron chi connectivity index (χ3n) is 3.74. The van der Waals surface area contributed by atoms with Crippen molar-refractivity contribution < 1.29 is 9.53 Å². The van der Waals surface area contributed by atoms with E-state index in [2.05, 4.69) is 31.3 Å². The Morgan fingerprint density at radius 2 is 1.81 bits per heavy atom. The van der Waals surface area contributed by atoms with Crippen molar-refractivity contribution in [3.63, 3.8) is 0 Å². The van der Waals surface area contributed by atoms with E-state index in [4.69, 9.17) is 27.9 Å². The molecule has 0 spiro atoms. The summed E-state index contributed by atoms with van der Waals surface area (Å²) in [7, 11) is 0. The highest BCUT2D eigenvalue weighted by atomic mass is 35.5. The van der Waals surface area contributed by atoms with Gasteiger partial charge in [0.1, 0.15) is 5.75 Å². The van der Waals surface area contributed by atoms with Gasteiger partial charge < -0.3 is 4.74 Å². The molecule has 1 N–H and O–H groups in total. The molecule has 0 bridgehead atoms. The molecule has 1 atom stereocenters. The molecule has 0 heterocycles. The minimum absolute atomic E-state index is 0.0686. The number of carbonyl (C=O) groups is 1. The average molecular weight is 393 g/mol. The van der Waals surface area contributed by atoms with Crippen LogP contribution >= 0.6 is 23.2 Å². The predicted molar refractivity (Wildman–Crippen MR) is 107 cm³/mol. The van der Waals surface area contributed by atoms with Crippen LogP contribution in [0.5, 0.6) is 5.75 Å². The lowest BCUT2D eigenvalue weighted by Gasteiger charge is -2.20. The maximum absolute atomic E-state index is 12.1. The van der Waals surface area contributed by atoms with Gasteiger partial charge in [0.25, 0.3) is 5.91 Å². The molecule has 138 valence electrons. The number of hydrogen-bond donors (Lipinski definition) is 1. The number of ether oxygens (including phenoxy) is 1. The monoisotopic (exact) mass is 392 g/mol. The molecule has 0 fully saturated rings. The number of nitrogens with zero attached hydrogens (tertiary/aromatic N) is 1. The lowest BCUT2D eigenvalue weighted by molar-refractivity contribution is -0.127. The Hall–Kier alpha value is -2.04. The molecule has 2 aromatic carbocycles. The van der Waals surface area contributed by atoms with E-state index in [1.165, 1.54) is 11.8 Å². The largest absolute Gasteiger partial charge is 0.481 e. The molecule has 0 saturated heterocycles. The summed E-state index contributed by atoms with van der Waals surface area (Å²) in [5.74, 6) is 0.275. The zero-order valence-electron chi connectivity index (χ0n) is 15.2. The van der Waals surface area contributed by atoms with Crippen molar-refractivity contribution in [3.8, 4) is 5.75 Å². The molecule has 1 amide bonds. The molecule has 2 rings (SSSR count). The number of carbonyl (C=O) groups excluding carboxylic acids is 1. The first-order valence-corrected chi connectivity index (χ1v) is 8.97. The first-order chi connectivity index (χ1) is 12.2. The van der Waals surface area contributed by atoms with E-state index < -0.39 is 6.10 Å². The number of halogens is 2. The van der Waals surface area contributed by atoms with Gasteiger partial charge in [-0.05, 0) is 42.2 Å². The van der Waals surface area contributed by atoms with Crippen LogP contribution in [0.4, 0.5) is 0 Å². The first kappa shape index (κ1) is 20.3. The second-order valence-corrected chi connectivity index (χ2v) is 7.78. The maximum atomic E-state index is 12.1. The molecule has 0 radical (unpaired) electrons. The average Bonchev–Trinajstić information content (AvgIpc) is 2.56. The van der Waals surface area contributed by atoms with E-state index in [1.54, 1.807) is 25.1 Å². The van der Waals surface area contributed by atoms with Gasteiger partial charge in [0.05, 0.1) is 11.2 Å². The van der Waals surface area contributed by atoms with E-state index in [0.717, 1.165) is 0 Å². The van der Waals surface area contributed by atoms with E-state index in [-0.39, 0.29) is 11.3 Å². The van der Waals surface area contributed by atoms with E-state index >= 15 is 0 Å². The van der Waals surface area contributed by atoms with E-state index in [9.17, 15) is 4.79 Å². The van der Waals surface area contributed by atoms with Crippen molar-refractivity contribution in [2.24, 2.45) is 5.10 Å². The predicted octanol–water partition coefficient (Wildman–Crippen LogP) is 5.21. The highest BCUT2D eigenvalue weighted by molar-refractivity contribution is 6.36. The molecule has 26 heavy (non-hydrogen) atoms. The fraction of sp³-hybridized carbons (Fsp3) is 0.300. The molecule has 0 aromatic heterocycles. The number of rotatable bonds is 5. The van der Waals surface area contributed by atoms with Gasteiger partial charge in [0.15, 0.2) is 6.10 Å².